The van der Waals surface area contributed by atoms with E-state index in [0.717, 1.165) is 57.2 Å². The van der Waals surface area contributed by atoms with E-state index in [0.29, 0.717) is 18.8 Å². The summed E-state index contributed by atoms with van der Waals surface area (Å²) >= 11 is 0. The van der Waals surface area contributed by atoms with Crippen LogP contribution in [0.5, 0.6) is 5.75 Å². The summed E-state index contributed by atoms with van der Waals surface area (Å²) < 4.78 is 31.0. The Hall–Kier alpha value is -2.43. The molecular formula is C23H31N5O4S. The fraction of sp³-hybridized carbons (Fsp3) is 0.565. The summed E-state index contributed by atoms with van der Waals surface area (Å²) in [5.74, 6) is 1.76. The molecule has 1 atom stereocenters. The minimum absolute atomic E-state index is 0.0796. The number of hydrogen-bond acceptors (Lipinski definition) is 7. The van der Waals surface area contributed by atoms with Gasteiger partial charge in [0.1, 0.15) is 11.6 Å². The first-order chi connectivity index (χ1) is 15.8. The Kier molecular flexibility index (Phi) is 6.15. The highest BCUT2D eigenvalue weighted by molar-refractivity contribution is 7.91. The van der Waals surface area contributed by atoms with Crippen LogP contribution in [0.4, 0.5) is 5.82 Å². The van der Waals surface area contributed by atoms with Crippen LogP contribution in [0.1, 0.15) is 29.3 Å². The number of carbonyl (C=O) groups is 1. The minimum Gasteiger partial charge on any atom is -0.493 e. The van der Waals surface area contributed by atoms with Crippen molar-refractivity contribution in [3.8, 4) is 5.75 Å². The molecule has 2 saturated heterocycles. The maximum Gasteiger partial charge on any atom is 0.239 e. The number of carbonyl (C=O) groups excluding carboxylic acids is 1. The van der Waals surface area contributed by atoms with Gasteiger partial charge in [-0.1, -0.05) is 12.1 Å². The predicted octanol–water partition coefficient (Wildman–Crippen LogP) is 1.24. The van der Waals surface area contributed by atoms with E-state index in [9.17, 15) is 13.2 Å². The van der Waals surface area contributed by atoms with Gasteiger partial charge in [-0.05, 0) is 30.5 Å². The third-order valence-electron chi connectivity index (χ3n) is 6.67. The predicted molar refractivity (Wildman–Crippen MR) is 125 cm³/mol. The van der Waals surface area contributed by atoms with E-state index in [2.05, 4.69) is 38.4 Å². The van der Waals surface area contributed by atoms with Crippen LogP contribution in [-0.2, 0) is 27.6 Å². The Morgan fingerprint density at radius 3 is 2.73 bits per heavy atom. The number of piperazine rings is 1. The monoisotopic (exact) mass is 473 g/mol. The average molecular weight is 474 g/mol. The molecule has 0 aliphatic carbocycles. The second-order valence-electron chi connectivity index (χ2n) is 9.31. The highest BCUT2D eigenvalue weighted by Crippen LogP contribution is 2.28. The number of aryl methyl sites for hydroxylation is 1. The number of nitrogens with zero attached hydrogens (tertiary/aromatic N) is 4. The molecule has 2 aromatic rings. The normalized spacial score (nSPS) is 22.8. The lowest BCUT2D eigenvalue weighted by molar-refractivity contribution is -0.117. The second kappa shape index (κ2) is 9.08. The number of fused-ring (bicyclic) bond motifs is 1. The molecule has 1 N–H and O–H groups in total. The lowest BCUT2D eigenvalue weighted by Gasteiger charge is -2.34. The van der Waals surface area contributed by atoms with E-state index < -0.39 is 9.84 Å². The third-order valence-corrected chi connectivity index (χ3v) is 8.42. The first kappa shape index (κ1) is 22.4. The topological polar surface area (TPSA) is 96.8 Å². The van der Waals surface area contributed by atoms with Crippen molar-refractivity contribution in [2.24, 2.45) is 0 Å². The van der Waals surface area contributed by atoms with Crippen molar-refractivity contribution in [1.29, 1.82) is 0 Å². The van der Waals surface area contributed by atoms with Crippen molar-refractivity contribution in [2.75, 3.05) is 56.2 Å². The molecule has 2 fully saturated rings. The number of amides is 1. The van der Waals surface area contributed by atoms with Gasteiger partial charge in [-0.2, -0.15) is 5.10 Å². The molecule has 0 bridgehead atoms. The molecule has 5 rings (SSSR count). The smallest absolute Gasteiger partial charge is 0.239 e. The molecule has 3 aliphatic heterocycles. The molecule has 178 valence electrons. The van der Waals surface area contributed by atoms with Crippen molar-refractivity contribution in [3.05, 3.63) is 41.1 Å². The molecule has 0 spiro atoms. The summed E-state index contributed by atoms with van der Waals surface area (Å²) in [6.07, 6.45) is 1.52. The minimum atomic E-state index is -3.03. The number of aromatic nitrogens is 2. The van der Waals surface area contributed by atoms with E-state index >= 15 is 0 Å². The van der Waals surface area contributed by atoms with E-state index in [1.54, 1.807) is 4.68 Å². The zero-order chi connectivity index (χ0) is 23.0. The molecule has 1 unspecified atom stereocenters. The van der Waals surface area contributed by atoms with Gasteiger partial charge in [0, 0.05) is 45.2 Å². The largest absolute Gasteiger partial charge is 0.493 e. The Labute approximate surface area is 194 Å². The number of anilines is 1. The van der Waals surface area contributed by atoms with Gasteiger partial charge in [-0.15, -0.1) is 0 Å². The summed E-state index contributed by atoms with van der Waals surface area (Å²) in [4.78, 5) is 17.3. The Bertz CT molecular complexity index is 1140. The van der Waals surface area contributed by atoms with Crippen LogP contribution < -0.4 is 10.1 Å². The Morgan fingerprint density at radius 1 is 1.18 bits per heavy atom. The Morgan fingerprint density at radius 2 is 1.97 bits per heavy atom. The number of ether oxygens (including phenoxy) is 1. The molecule has 33 heavy (non-hydrogen) atoms. The molecule has 10 heteroatoms. The number of hydrogen-bond donors (Lipinski definition) is 1. The van der Waals surface area contributed by atoms with E-state index in [-0.39, 0.29) is 23.5 Å². The fourth-order valence-corrected chi connectivity index (χ4v) is 6.64. The summed E-state index contributed by atoms with van der Waals surface area (Å²) in [6, 6.07) is 8.06. The van der Waals surface area contributed by atoms with Crippen LogP contribution in [0.25, 0.3) is 0 Å². The van der Waals surface area contributed by atoms with Crippen LogP contribution in [0, 0.1) is 6.92 Å². The van der Waals surface area contributed by atoms with Crippen molar-refractivity contribution < 1.29 is 17.9 Å². The highest BCUT2D eigenvalue weighted by Gasteiger charge is 2.31. The summed E-state index contributed by atoms with van der Waals surface area (Å²) in [6.45, 7) is 7.35. The van der Waals surface area contributed by atoms with Crippen LogP contribution in [-0.4, -0.2) is 84.7 Å². The van der Waals surface area contributed by atoms with Crippen LogP contribution in [0.15, 0.2) is 24.3 Å². The van der Waals surface area contributed by atoms with E-state index in [1.807, 2.05) is 13.0 Å². The van der Waals surface area contributed by atoms with Crippen molar-refractivity contribution in [3.63, 3.8) is 0 Å². The van der Waals surface area contributed by atoms with Crippen LogP contribution in [0.3, 0.4) is 0 Å². The van der Waals surface area contributed by atoms with Gasteiger partial charge in [0.05, 0.1) is 36.4 Å². The first-order valence-electron chi connectivity index (χ1n) is 11.6. The van der Waals surface area contributed by atoms with Gasteiger partial charge in [-0.3, -0.25) is 14.6 Å². The van der Waals surface area contributed by atoms with Crippen molar-refractivity contribution >= 4 is 21.6 Å². The quantitative estimate of drug-likeness (QED) is 0.674. The van der Waals surface area contributed by atoms with Gasteiger partial charge >= 0.3 is 0 Å². The molecule has 1 aromatic heterocycles. The number of nitrogens with one attached hydrogen (secondary N) is 1. The molecule has 0 saturated carbocycles. The zero-order valence-electron chi connectivity index (χ0n) is 19.0. The molecule has 9 nitrogen and oxygen atoms in total. The molecule has 0 radical (unpaired) electrons. The van der Waals surface area contributed by atoms with Crippen molar-refractivity contribution in [2.45, 2.75) is 32.4 Å². The van der Waals surface area contributed by atoms with Gasteiger partial charge in [0.25, 0.3) is 0 Å². The summed E-state index contributed by atoms with van der Waals surface area (Å²) in [5.41, 5.74) is 3.37. The first-order valence-corrected chi connectivity index (χ1v) is 13.4. The SMILES string of the molecule is Cc1cc(NC(=O)CN2CCN(Cc3ccc4c(c3)CCO4)CC2)n(C2CCS(=O)(=O)C2)n1. The van der Waals surface area contributed by atoms with Gasteiger partial charge in [-0.25, -0.2) is 13.1 Å². The Balaban J connectivity index is 1.12. The van der Waals surface area contributed by atoms with E-state index in [4.69, 9.17) is 4.74 Å². The van der Waals surface area contributed by atoms with Gasteiger partial charge < -0.3 is 10.1 Å². The van der Waals surface area contributed by atoms with Crippen LogP contribution >= 0.6 is 0 Å². The number of rotatable bonds is 6. The second-order valence-corrected chi connectivity index (χ2v) is 11.5. The highest BCUT2D eigenvalue weighted by atomic mass is 32.2. The van der Waals surface area contributed by atoms with Gasteiger partial charge in [0.15, 0.2) is 9.84 Å². The fourth-order valence-electron chi connectivity index (χ4n) is 4.94. The lowest BCUT2D eigenvalue weighted by atomic mass is 10.1. The molecule has 1 aromatic carbocycles. The zero-order valence-corrected chi connectivity index (χ0v) is 19.8. The number of benzene rings is 1. The molecule has 3 aliphatic rings. The number of sulfone groups is 1. The standard InChI is InChI=1S/C23H31N5O4S/c1-17-12-22(28(25-17)20-5-11-33(30,31)16-20)24-23(29)15-27-8-6-26(7-9-27)14-18-2-3-21-19(13-18)4-10-32-21/h2-3,12-13,20H,4-11,14-16H2,1H3,(H,24,29). The maximum atomic E-state index is 12.7. The molecule has 1 amide bonds. The molecule has 4 heterocycles. The third kappa shape index (κ3) is 5.23. The maximum absolute atomic E-state index is 12.7. The summed E-state index contributed by atoms with van der Waals surface area (Å²) in [5, 5.41) is 7.40. The van der Waals surface area contributed by atoms with Gasteiger partial charge in [0.2, 0.25) is 5.91 Å². The molecular weight excluding hydrogens is 442 g/mol. The average Bonchev–Trinajstić information content (AvgIpc) is 3.47. The van der Waals surface area contributed by atoms with Crippen molar-refractivity contribution in [1.82, 2.24) is 19.6 Å². The van der Waals surface area contributed by atoms with E-state index in [1.165, 1.54) is 11.1 Å². The van der Waals surface area contributed by atoms with Crippen LogP contribution in [0.2, 0.25) is 0 Å². The lowest BCUT2D eigenvalue weighted by Crippen LogP contribution is -2.48. The summed E-state index contributed by atoms with van der Waals surface area (Å²) in [7, 11) is -3.03.